The molecule has 2 aromatic rings. The molecule has 34 heavy (non-hydrogen) atoms. The van der Waals surface area contributed by atoms with Crippen LogP contribution in [0.5, 0.6) is 5.75 Å². The normalized spacial score (nSPS) is 17.0. The van der Waals surface area contributed by atoms with Gasteiger partial charge in [-0.15, -0.1) is 11.3 Å². The Kier molecular flexibility index (Phi) is 9.54. The Balaban J connectivity index is 1.66. The molecule has 0 fully saturated rings. The lowest BCUT2D eigenvalue weighted by Crippen LogP contribution is -2.48. The fourth-order valence-electron chi connectivity index (χ4n) is 4.21. The Bertz CT molecular complexity index is 906. The lowest BCUT2D eigenvalue weighted by atomic mass is 10.0. The number of carbonyl (C=O) groups is 1. The molecule has 6 nitrogen and oxygen atoms in total. The van der Waals surface area contributed by atoms with Gasteiger partial charge < -0.3 is 19.5 Å². The van der Waals surface area contributed by atoms with Crippen molar-refractivity contribution in [3.63, 3.8) is 0 Å². The van der Waals surface area contributed by atoms with Crippen molar-refractivity contribution in [1.29, 1.82) is 0 Å². The molecule has 2 unspecified atom stereocenters. The lowest BCUT2D eigenvalue weighted by Gasteiger charge is -2.37. The number of hydrogen-bond acceptors (Lipinski definition) is 6. The number of nitrogens with zero attached hydrogens (tertiary/aromatic N) is 2. The van der Waals surface area contributed by atoms with Crippen LogP contribution in [-0.4, -0.2) is 71.9 Å². The van der Waals surface area contributed by atoms with E-state index in [0.717, 1.165) is 25.1 Å². The van der Waals surface area contributed by atoms with Gasteiger partial charge in [0.2, 0.25) is 5.91 Å². The maximum Gasteiger partial charge on any atom is 0.237 e. The van der Waals surface area contributed by atoms with Gasteiger partial charge in [-0.3, -0.25) is 9.69 Å². The first-order chi connectivity index (χ1) is 16.2. The van der Waals surface area contributed by atoms with Crippen LogP contribution in [0.15, 0.2) is 35.7 Å². The van der Waals surface area contributed by atoms with Crippen LogP contribution in [-0.2, 0) is 16.0 Å². The Morgan fingerprint density at radius 1 is 1.26 bits per heavy atom. The summed E-state index contributed by atoms with van der Waals surface area (Å²) < 4.78 is 11.9. The molecule has 3 rings (SSSR count). The van der Waals surface area contributed by atoms with Crippen molar-refractivity contribution < 1.29 is 19.4 Å². The molecule has 7 heteroatoms. The van der Waals surface area contributed by atoms with Gasteiger partial charge >= 0.3 is 0 Å². The van der Waals surface area contributed by atoms with E-state index < -0.39 is 6.10 Å². The van der Waals surface area contributed by atoms with E-state index >= 15 is 0 Å². The number of fused-ring (bicyclic) bond motifs is 1. The lowest BCUT2D eigenvalue weighted by molar-refractivity contribution is -0.136. The highest BCUT2D eigenvalue weighted by atomic mass is 32.1. The zero-order valence-corrected chi connectivity index (χ0v) is 22.1. The van der Waals surface area contributed by atoms with Crippen molar-refractivity contribution in [2.45, 2.75) is 65.2 Å². The molecule has 0 spiro atoms. The molecule has 0 bridgehead atoms. The predicted molar refractivity (Wildman–Crippen MR) is 138 cm³/mol. The third-order valence-corrected chi connectivity index (χ3v) is 6.92. The molecule has 0 saturated heterocycles. The van der Waals surface area contributed by atoms with Gasteiger partial charge in [0, 0.05) is 18.0 Å². The molecule has 2 heterocycles. The van der Waals surface area contributed by atoms with Crippen molar-refractivity contribution in [2.75, 3.05) is 39.4 Å². The summed E-state index contributed by atoms with van der Waals surface area (Å²) in [6.45, 7) is 12.9. The number of rotatable bonds is 11. The van der Waals surface area contributed by atoms with E-state index in [-0.39, 0.29) is 30.7 Å². The van der Waals surface area contributed by atoms with Crippen LogP contribution in [0.25, 0.3) is 0 Å². The van der Waals surface area contributed by atoms with E-state index in [4.69, 9.17) is 9.47 Å². The van der Waals surface area contributed by atoms with E-state index in [1.165, 1.54) is 16.0 Å². The summed E-state index contributed by atoms with van der Waals surface area (Å²) in [5.41, 5.74) is 2.08. The Morgan fingerprint density at radius 3 is 2.68 bits per heavy atom. The van der Waals surface area contributed by atoms with Crippen LogP contribution in [0.2, 0.25) is 0 Å². The summed E-state index contributed by atoms with van der Waals surface area (Å²) >= 11 is 1.75. The average Bonchev–Trinajstić information content (AvgIpc) is 3.26. The molecule has 1 aliphatic heterocycles. The first-order valence-electron chi connectivity index (χ1n) is 12.3. The number of aliphatic hydroxyl groups is 1. The highest BCUT2D eigenvalue weighted by Gasteiger charge is 2.33. The Hall–Kier alpha value is -1.93. The van der Waals surface area contributed by atoms with Crippen LogP contribution in [0.4, 0.5) is 0 Å². The highest BCUT2D eigenvalue weighted by Crippen LogP contribution is 2.34. The Labute approximate surface area is 208 Å². The number of hydrogen-bond donors (Lipinski definition) is 1. The van der Waals surface area contributed by atoms with Crippen molar-refractivity contribution in [1.82, 2.24) is 9.80 Å². The number of amides is 1. The van der Waals surface area contributed by atoms with E-state index in [2.05, 4.69) is 25.3 Å². The molecule has 0 saturated carbocycles. The summed E-state index contributed by atoms with van der Waals surface area (Å²) in [4.78, 5) is 18.8. The molecular weight excluding hydrogens is 448 g/mol. The minimum Gasteiger partial charge on any atom is -0.491 e. The van der Waals surface area contributed by atoms with E-state index in [1.807, 2.05) is 54.8 Å². The zero-order valence-electron chi connectivity index (χ0n) is 21.3. The summed E-state index contributed by atoms with van der Waals surface area (Å²) in [6.07, 6.45) is 1.15. The van der Waals surface area contributed by atoms with Gasteiger partial charge in [-0.1, -0.05) is 24.6 Å². The fourth-order valence-corrected chi connectivity index (χ4v) is 5.14. The largest absolute Gasteiger partial charge is 0.491 e. The Morgan fingerprint density at radius 2 is 2.00 bits per heavy atom. The summed E-state index contributed by atoms with van der Waals surface area (Å²) in [5, 5.41) is 12.6. The predicted octanol–water partition coefficient (Wildman–Crippen LogP) is 4.45. The second kappa shape index (κ2) is 12.2. The van der Waals surface area contributed by atoms with Crippen LogP contribution in [0.3, 0.4) is 0 Å². The standard InChI is InChI=1S/C27H40N2O4S/c1-6-13-28(16-21(30)18-33-27(3,4)5)17-26(31)29-14-11-25-23(12-15-34-25)24(29)19-32-22-9-7-20(2)8-10-22/h7-10,12,15,21,24,30H,6,11,13-14,16-19H2,1-5H3. The molecule has 1 aliphatic rings. The number of benzene rings is 1. The molecule has 2 atom stereocenters. The van der Waals surface area contributed by atoms with Crippen molar-refractivity contribution in [2.24, 2.45) is 0 Å². The first kappa shape index (κ1) is 26.7. The SMILES string of the molecule is CCCN(CC(=O)N1CCc2sccc2C1COc1ccc(C)cc1)CC(O)COC(C)(C)C. The van der Waals surface area contributed by atoms with Crippen molar-refractivity contribution in [3.8, 4) is 5.75 Å². The molecule has 1 aromatic carbocycles. The van der Waals surface area contributed by atoms with Gasteiger partial charge in [-0.2, -0.15) is 0 Å². The third-order valence-electron chi connectivity index (χ3n) is 5.92. The first-order valence-corrected chi connectivity index (χ1v) is 13.1. The quantitative estimate of drug-likeness (QED) is 0.506. The second-order valence-electron chi connectivity index (χ2n) is 10.1. The van der Waals surface area contributed by atoms with E-state index in [1.54, 1.807) is 11.3 Å². The fraction of sp³-hybridized carbons (Fsp3) is 0.593. The number of carbonyl (C=O) groups excluding carboxylic acids is 1. The van der Waals surface area contributed by atoms with Gasteiger partial charge in [-0.05, 0) is 76.2 Å². The van der Waals surface area contributed by atoms with Gasteiger partial charge in [0.15, 0.2) is 0 Å². The van der Waals surface area contributed by atoms with Crippen LogP contribution >= 0.6 is 11.3 Å². The topological polar surface area (TPSA) is 62.2 Å². The minimum absolute atomic E-state index is 0.0757. The molecule has 0 aliphatic carbocycles. The van der Waals surface area contributed by atoms with Crippen LogP contribution < -0.4 is 4.74 Å². The number of thiophene rings is 1. The van der Waals surface area contributed by atoms with Crippen LogP contribution in [0, 0.1) is 6.92 Å². The highest BCUT2D eigenvalue weighted by molar-refractivity contribution is 7.10. The molecule has 1 N–H and O–H groups in total. The number of ether oxygens (including phenoxy) is 2. The number of aryl methyl sites for hydroxylation is 1. The molecular formula is C27H40N2O4S. The van der Waals surface area contributed by atoms with Crippen molar-refractivity contribution in [3.05, 3.63) is 51.7 Å². The average molecular weight is 489 g/mol. The van der Waals surface area contributed by atoms with Gasteiger partial charge in [0.25, 0.3) is 0 Å². The molecule has 1 amide bonds. The van der Waals surface area contributed by atoms with Crippen LogP contribution in [0.1, 0.15) is 56.2 Å². The van der Waals surface area contributed by atoms with E-state index in [0.29, 0.717) is 19.7 Å². The van der Waals surface area contributed by atoms with E-state index in [9.17, 15) is 9.90 Å². The monoisotopic (exact) mass is 488 g/mol. The smallest absolute Gasteiger partial charge is 0.237 e. The summed E-state index contributed by atoms with van der Waals surface area (Å²) in [6, 6.07) is 10.0. The second-order valence-corrected chi connectivity index (χ2v) is 11.1. The number of aliphatic hydroxyl groups excluding tert-OH is 1. The van der Waals surface area contributed by atoms with Gasteiger partial charge in [-0.25, -0.2) is 0 Å². The molecule has 0 radical (unpaired) electrons. The van der Waals surface area contributed by atoms with Crippen molar-refractivity contribution >= 4 is 17.2 Å². The minimum atomic E-state index is -0.635. The maximum absolute atomic E-state index is 13.5. The summed E-state index contributed by atoms with van der Waals surface area (Å²) in [5.74, 6) is 0.890. The maximum atomic E-state index is 13.5. The molecule has 1 aromatic heterocycles. The van der Waals surface area contributed by atoms with Gasteiger partial charge in [0.1, 0.15) is 12.4 Å². The summed E-state index contributed by atoms with van der Waals surface area (Å²) in [7, 11) is 0. The van der Waals surface area contributed by atoms with Gasteiger partial charge in [0.05, 0.1) is 30.9 Å². The molecule has 188 valence electrons. The third kappa shape index (κ3) is 7.80. The zero-order chi connectivity index (χ0) is 24.7.